The van der Waals surface area contributed by atoms with E-state index in [9.17, 15) is 9.59 Å². The molecule has 2 saturated carbocycles. The van der Waals surface area contributed by atoms with Crippen molar-refractivity contribution >= 4 is 49.4 Å². The van der Waals surface area contributed by atoms with E-state index in [-0.39, 0.29) is 46.5 Å². The lowest BCUT2D eigenvalue weighted by molar-refractivity contribution is -0.145. The van der Waals surface area contributed by atoms with Crippen molar-refractivity contribution in [1.29, 1.82) is 0 Å². The predicted octanol–water partition coefficient (Wildman–Crippen LogP) is 2.97. The lowest BCUT2D eigenvalue weighted by atomic mass is 9.79. The normalized spacial score (nSPS) is 36.9. The topological polar surface area (TPSA) is 64.6 Å². The quantitative estimate of drug-likeness (QED) is 0.575. The molecule has 0 radical (unpaired) electrons. The van der Waals surface area contributed by atoms with Crippen molar-refractivity contribution in [2.75, 3.05) is 12.4 Å². The van der Waals surface area contributed by atoms with Gasteiger partial charge in [0, 0.05) is 10.4 Å². The molecule has 1 aromatic carbocycles. The summed E-state index contributed by atoms with van der Waals surface area (Å²) >= 11 is 7.00. The number of fused-ring (bicyclic) bond motifs is 1. The fourth-order valence-electron chi connectivity index (χ4n) is 4.31. The van der Waals surface area contributed by atoms with Crippen LogP contribution in [0.25, 0.3) is 0 Å². The number of esters is 1. The molecular formula is C16H15Br2NO4. The number of rotatable bonds is 3. The molecule has 6 unspecified atom stereocenters. The summed E-state index contributed by atoms with van der Waals surface area (Å²) in [7, 11) is 1.56. The Kier molecular flexibility index (Phi) is 3.68. The van der Waals surface area contributed by atoms with Crippen LogP contribution < -0.4 is 10.1 Å². The lowest BCUT2D eigenvalue weighted by Crippen LogP contribution is -2.40. The van der Waals surface area contributed by atoms with Crippen molar-refractivity contribution < 1.29 is 19.1 Å². The molecule has 5 nitrogen and oxygen atoms in total. The fourth-order valence-corrected chi connectivity index (χ4v) is 5.70. The summed E-state index contributed by atoms with van der Waals surface area (Å²) in [5.74, 6) is -0.123. The summed E-state index contributed by atoms with van der Waals surface area (Å²) in [4.78, 5) is 25.0. The van der Waals surface area contributed by atoms with Gasteiger partial charge >= 0.3 is 5.97 Å². The van der Waals surface area contributed by atoms with E-state index < -0.39 is 0 Å². The van der Waals surface area contributed by atoms with Crippen LogP contribution in [0.2, 0.25) is 0 Å². The van der Waals surface area contributed by atoms with Gasteiger partial charge in [-0.1, -0.05) is 31.9 Å². The number of alkyl halides is 1. The molecule has 1 N–H and O–H groups in total. The average Bonchev–Trinajstić information content (AvgIpc) is 3.13. The van der Waals surface area contributed by atoms with Gasteiger partial charge in [-0.3, -0.25) is 9.59 Å². The van der Waals surface area contributed by atoms with Crippen LogP contribution in [-0.4, -0.2) is 29.9 Å². The maximum atomic E-state index is 12.8. The van der Waals surface area contributed by atoms with Crippen LogP contribution in [0.4, 0.5) is 5.69 Å². The second-order valence-electron chi connectivity index (χ2n) is 6.29. The fraction of sp³-hybridized carbons (Fsp3) is 0.500. The Labute approximate surface area is 150 Å². The third-order valence-electron chi connectivity index (χ3n) is 5.25. The molecule has 1 saturated heterocycles. The SMILES string of the molecule is COc1cc(Br)ccc1NC(=O)C1C2CC3C(OC(=O)C31)C2Br. The van der Waals surface area contributed by atoms with Crippen LogP contribution in [0.3, 0.4) is 0 Å². The largest absolute Gasteiger partial charge is 0.495 e. The molecule has 122 valence electrons. The number of ether oxygens (including phenoxy) is 2. The minimum absolute atomic E-state index is 0.0660. The van der Waals surface area contributed by atoms with Gasteiger partial charge in [-0.25, -0.2) is 0 Å². The number of amides is 1. The Balaban J connectivity index is 1.60. The minimum Gasteiger partial charge on any atom is -0.495 e. The van der Waals surface area contributed by atoms with Crippen molar-refractivity contribution in [3.63, 3.8) is 0 Å². The van der Waals surface area contributed by atoms with Crippen molar-refractivity contribution in [1.82, 2.24) is 0 Å². The molecule has 3 fully saturated rings. The maximum absolute atomic E-state index is 12.8. The van der Waals surface area contributed by atoms with Gasteiger partial charge in [0.2, 0.25) is 5.91 Å². The molecule has 1 heterocycles. The van der Waals surface area contributed by atoms with Crippen LogP contribution in [0, 0.1) is 23.7 Å². The van der Waals surface area contributed by atoms with E-state index >= 15 is 0 Å². The van der Waals surface area contributed by atoms with E-state index in [1.807, 2.05) is 6.07 Å². The highest BCUT2D eigenvalue weighted by Gasteiger charge is 2.67. The second-order valence-corrected chi connectivity index (χ2v) is 8.27. The molecule has 1 aliphatic heterocycles. The van der Waals surface area contributed by atoms with Crippen molar-refractivity contribution in [2.24, 2.45) is 23.7 Å². The Bertz CT molecular complexity index is 695. The van der Waals surface area contributed by atoms with Gasteiger partial charge in [-0.15, -0.1) is 0 Å². The molecule has 7 heteroatoms. The monoisotopic (exact) mass is 443 g/mol. The van der Waals surface area contributed by atoms with Crippen LogP contribution in [-0.2, 0) is 14.3 Å². The van der Waals surface area contributed by atoms with E-state index in [2.05, 4.69) is 37.2 Å². The first-order valence-corrected chi connectivity index (χ1v) is 9.21. The summed E-state index contributed by atoms with van der Waals surface area (Å²) in [6.45, 7) is 0. The number of benzene rings is 1. The van der Waals surface area contributed by atoms with E-state index in [4.69, 9.17) is 9.47 Å². The lowest BCUT2D eigenvalue weighted by Gasteiger charge is -2.27. The van der Waals surface area contributed by atoms with Gasteiger partial charge in [-0.2, -0.15) is 0 Å². The van der Waals surface area contributed by atoms with E-state index in [0.29, 0.717) is 11.4 Å². The van der Waals surface area contributed by atoms with Gasteiger partial charge in [0.05, 0.1) is 29.5 Å². The summed E-state index contributed by atoms with van der Waals surface area (Å²) in [5, 5.41) is 2.93. The average molecular weight is 445 g/mol. The number of hydrogen-bond donors (Lipinski definition) is 1. The molecule has 0 aromatic heterocycles. The third kappa shape index (κ3) is 2.23. The summed E-state index contributed by atoms with van der Waals surface area (Å²) in [5.41, 5.74) is 0.609. The number of carbonyl (C=O) groups is 2. The van der Waals surface area contributed by atoms with E-state index in [0.717, 1.165) is 10.9 Å². The first-order chi connectivity index (χ1) is 11.0. The molecule has 1 aromatic rings. The Morgan fingerprint density at radius 2 is 2.17 bits per heavy atom. The summed E-state index contributed by atoms with van der Waals surface area (Å²) in [6.07, 6.45) is 0.802. The Morgan fingerprint density at radius 3 is 2.91 bits per heavy atom. The first kappa shape index (κ1) is 15.4. The summed E-state index contributed by atoms with van der Waals surface area (Å²) in [6, 6.07) is 5.42. The zero-order valence-corrected chi connectivity index (χ0v) is 15.5. The van der Waals surface area contributed by atoms with Crippen LogP contribution in [0.5, 0.6) is 5.75 Å². The maximum Gasteiger partial charge on any atom is 0.310 e. The molecule has 0 spiro atoms. The molecule has 3 aliphatic rings. The number of halogens is 2. The molecular weight excluding hydrogens is 430 g/mol. The van der Waals surface area contributed by atoms with Gasteiger partial charge < -0.3 is 14.8 Å². The van der Waals surface area contributed by atoms with Gasteiger partial charge in [-0.05, 0) is 30.5 Å². The van der Waals surface area contributed by atoms with E-state index in [1.54, 1.807) is 19.2 Å². The molecule has 23 heavy (non-hydrogen) atoms. The molecule has 2 aliphatic carbocycles. The highest BCUT2D eigenvalue weighted by Crippen LogP contribution is 2.60. The second kappa shape index (κ2) is 5.48. The smallest absolute Gasteiger partial charge is 0.310 e. The molecule has 4 rings (SSSR count). The van der Waals surface area contributed by atoms with Crippen molar-refractivity contribution in [3.05, 3.63) is 22.7 Å². The van der Waals surface area contributed by atoms with Crippen molar-refractivity contribution in [2.45, 2.75) is 17.4 Å². The van der Waals surface area contributed by atoms with Crippen LogP contribution in [0.15, 0.2) is 22.7 Å². The molecule has 2 bridgehead atoms. The van der Waals surface area contributed by atoms with E-state index in [1.165, 1.54) is 0 Å². The molecule has 6 atom stereocenters. The number of methoxy groups -OCH3 is 1. The standard InChI is InChI=1S/C16H15Br2NO4/c1-22-10-4-6(17)2-3-9(10)19-15(20)11-7-5-8-12(11)16(21)23-14(8)13(7)18/h2-4,7-8,11-14H,5H2,1H3,(H,19,20). The van der Waals surface area contributed by atoms with Gasteiger partial charge in [0.1, 0.15) is 11.9 Å². The highest BCUT2D eigenvalue weighted by atomic mass is 79.9. The number of carbonyl (C=O) groups excluding carboxylic acids is 2. The van der Waals surface area contributed by atoms with Crippen LogP contribution >= 0.6 is 31.9 Å². The summed E-state index contributed by atoms with van der Waals surface area (Å²) < 4.78 is 11.6. The zero-order valence-electron chi connectivity index (χ0n) is 12.3. The Hall–Kier alpha value is -1.08. The third-order valence-corrected chi connectivity index (χ3v) is 6.94. The molecule has 1 amide bonds. The predicted molar refractivity (Wildman–Crippen MR) is 90.5 cm³/mol. The number of nitrogens with one attached hydrogen (secondary N) is 1. The van der Waals surface area contributed by atoms with Gasteiger partial charge in [0.25, 0.3) is 0 Å². The number of anilines is 1. The van der Waals surface area contributed by atoms with Gasteiger partial charge in [0.15, 0.2) is 0 Å². The van der Waals surface area contributed by atoms with Crippen molar-refractivity contribution in [3.8, 4) is 5.75 Å². The Morgan fingerprint density at radius 1 is 1.39 bits per heavy atom. The van der Waals surface area contributed by atoms with Crippen LogP contribution in [0.1, 0.15) is 6.42 Å². The first-order valence-electron chi connectivity index (χ1n) is 7.50. The highest BCUT2D eigenvalue weighted by molar-refractivity contribution is 9.10. The zero-order chi connectivity index (χ0) is 16.3. The number of hydrogen-bond acceptors (Lipinski definition) is 4. The minimum atomic E-state index is -0.344.